The highest BCUT2D eigenvalue weighted by Gasteiger charge is 2.28. The van der Waals surface area contributed by atoms with Crippen LogP contribution in [0.2, 0.25) is 0 Å². The molecule has 3 N–H and O–H groups in total. The van der Waals surface area contributed by atoms with Gasteiger partial charge in [-0.25, -0.2) is 4.98 Å². The molecule has 1 aliphatic rings. The van der Waals surface area contributed by atoms with Crippen LogP contribution < -0.4 is 11.1 Å². The van der Waals surface area contributed by atoms with Crippen molar-refractivity contribution in [3.8, 4) is 10.8 Å². The van der Waals surface area contributed by atoms with Crippen molar-refractivity contribution in [2.24, 2.45) is 11.7 Å². The van der Waals surface area contributed by atoms with Crippen LogP contribution >= 0.6 is 23.7 Å². The van der Waals surface area contributed by atoms with Crippen molar-refractivity contribution in [1.82, 2.24) is 10.3 Å². The molecule has 2 aromatic rings. The van der Waals surface area contributed by atoms with Crippen LogP contribution in [-0.4, -0.2) is 23.5 Å². The zero-order chi connectivity index (χ0) is 14.1. The zero-order valence-electron chi connectivity index (χ0n) is 11.7. The van der Waals surface area contributed by atoms with E-state index in [-0.39, 0.29) is 24.4 Å². The third-order valence-corrected chi connectivity index (χ3v) is 4.27. The van der Waals surface area contributed by atoms with Gasteiger partial charge in [0.05, 0.1) is 0 Å². The van der Waals surface area contributed by atoms with Gasteiger partial charge >= 0.3 is 0 Å². The molecule has 1 aliphatic carbocycles. The minimum absolute atomic E-state index is 0. The predicted octanol–water partition coefficient (Wildman–Crippen LogP) is 2.60. The standard InChI is InChI=1S/C14H17N3O2S.ClH/c1-8-2-5-12(19-8)14-17-11(7-20-14)13(18)16-6-10(15)9-3-4-9;/h2,5,7,9-10H,3-4,6,15H2,1H3,(H,16,18);1H. The fourth-order valence-corrected chi connectivity index (χ4v) is 2.79. The molecular weight excluding hydrogens is 310 g/mol. The normalized spacial score (nSPS) is 15.3. The van der Waals surface area contributed by atoms with Crippen LogP contribution in [-0.2, 0) is 0 Å². The Bertz CT molecular complexity index is 621. The van der Waals surface area contributed by atoms with Crippen LogP contribution in [0.1, 0.15) is 29.1 Å². The number of aromatic nitrogens is 1. The second kappa shape index (κ2) is 6.60. The number of carbonyl (C=O) groups is 1. The third kappa shape index (κ3) is 3.84. The average Bonchev–Trinajstić information content (AvgIpc) is 3.01. The van der Waals surface area contributed by atoms with Gasteiger partial charge in [-0.3, -0.25) is 4.79 Å². The molecule has 114 valence electrons. The molecule has 1 amide bonds. The number of carbonyl (C=O) groups excluding carboxylic acids is 1. The molecule has 2 aromatic heterocycles. The molecular formula is C14H18ClN3O2S. The van der Waals surface area contributed by atoms with Gasteiger partial charge in [0.1, 0.15) is 11.5 Å². The summed E-state index contributed by atoms with van der Waals surface area (Å²) >= 11 is 1.40. The number of hydrogen-bond acceptors (Lipinski definition) is 5. The molecule has 1 fully saturated rings. The smallest absolute Gasteiger partial charge is 0.270 e. The maximum atomic E-state index is 12.0. The number of nitrogens with zero attached hydrogens (tertiary/aromatic N) is 1. The number of nitrogens with two attached hydrogens (primary N) is 1. The lowest BCUT2D eigenvalue weighted by atomic mass is 10.2. The van der Waals surface area contributed by atoms with Crippen LogP contribution in [0.5, 0.6) is 0 Å². The molecule has 7 heteroatoms. The molecule has 0 spiro atoms. The van der Waals surface area contributed by atoms with Gasteiger partial charge < -0.3 is 15.5 Å². The lowest BCUT2D eigenvalue weighted by Gasteiger charge is -2.10. The summed E-state index contributed by atoms with van der Waals surface area (Å²) in [6.45, 7) is 2.39. The Hall–Kier alpha value is -1.37. The lowest BCUT2D eigenvalue weighted by Crippen LogP contribution is -2.38. The molecule has 1 atom stereocenters. The van der Waals surface area contributed by atoms with E-state index in [4.69, 9.17) is 10.2 Å². The number of thiazole rings is 1. The SMILES string of the molecule is Cc1ccc(-c2nc(C(=O)NCC(N)C3CC3)cs2)o1.Cl. The van der Waals surface area contributed by atoms with Gasteiger partial charge in [0.25, 0.3) is 5.91 Å². The monoisotopic (exact) mass is 327 g/mol. The highest BCUT2D eigenvalue weighted by atomic mass is 35.5. The van der Waals surface area contributed by atoms with Crippen LogP contribution in [0.15, 0.2) is 21.9 Å². The summed E-state index contributed by atoms with van der Waals surface area (Å²) in [5.41, 5.74) is 6.38. The van der Waals surface area contributed by atoms with Crippen molar-refractivity contribution in [1.29, 1.82) is 0 Å². The number of rotatable bonds is 5. The highest BCUT2D eigenvalue weighted by Crippen LogP contribution is 2.31. The maximum Gasteiger partial charge on any atom is 0.270 e. The fourth-order valence-electron chi connectivity index (χ4n) is 2.03. The molecule has 2 heterocycles. The Labute approximate surface area is 133 Å². The van der Waals surface area contributed by atoms with Gasteiger partial charge in [-0.2, -0.15) is 0 Å². The van der Waals surface area contributed by atoms with E-state index in [2.05, 4.69) is 10.3 Å². The summed E-state index contributed by atoms with van der Waals surface area (Å²) in [5.74, 6) is 1.93. The van der Waals surface area contributed by atoms with Crippen molar-refractivity contribution in [2.75, 3.05) is 6.54 Å². The van der Waals surface area contributed by atoms with Crippen molar-refractivity contribution in [3.63, 3.8) is 0 Å². The van der Waals surface area contributed by atoms with Crippen LogP contribution in [0, 0.1) is 12.8 Å². The van der Waals surface area contributed by atoms with E-state index in [0.29, 0.717) is 23.9 Å². The Kier molecular flexibility index (Phi) is 5.03. The average molecular weight is 328 g/mol. The molecule has 21 heavy (non-hydrogen) atoms. The second-order valence-corrected chi connectivity index (χ2v) is 6.02. The summed E-state index contributed by atoms with van der Waals surface area (Å²) in [7, 11) is 0. The largest absolute Gasteiger partial charge is 0.459 e. The number of amides is 1. The van der Waals surface area contributed by atoms with E-state index in [9.17, 15) is 4.79 Å². The molecule has 3 rings (SSSR count). The quantitative estimate of drug-likeness (QED) is 0.884. The van der Waals surface area contributed by atoms with Crippen LogP contribution in [0.3, 0.4) is 0 Å². The Balaban J connectivity index is 0.00000161. The van der Waals surface area contributed by atoms with Crippen molar-refractivity contribution >= 4 is 29.7 Å². The number of nitrogens with one attached hydrogen (secondary N) is 1. The van der Waals surface area contributed by atoms with E-state index in [1.165, 1.54) is 24.2 Å². The van der Waals surface area contributed by atoms with E-state index in [0.717, 1.165) is 10.8 Å². The van der Waals surface area contributed by atoms with Gasteiger partial charge in [0.2, 0.25) is 0 Å². The second-order valence-electron chi connectivity index (χ2n) is 5.16. The van der Waals surface area contributed by atoms with E-state index >= 15 is 0 Å². The van der Waals surface area contributed by atoms with E-state index in [1.54, 1.807) is 5.38 Å². The first-order valence-corrected chi connectivity index (χ1v) is 7.57. The van der Waals surface area contributed by atoms with Gasteiger partial charge in [-0.1, -0.05) is 0 Å². The maximum absolute atomic E-state index is 12.0. The highest BCUT2D eigenvalue weighted by molar-refractivity contribution is 7.13. The van der Waals surface area contributed by atoms with Gasteiger partial charge in [0.15, 0.2) is 10.8 Å². The predicted molar refractivity (Wildman–Crippen MR) is 84.8 cm³/mol. The summed E-state index contributed by atoms with van der Waals surface area (Å²) in [6, 6.07) is 3.80. The number of halogens is 1. The first kappa shape index (κ1) is 16.0. The van der Waals surface area contributed by atoms with Crippen molar-refractivity contribution < 1.29 is 9.21 Å². The number of furan rings is 1. The molecule has 5 nitrogen and oxygen atoms in total. The topological polar surface area (TPSA) is 81.2 Å². The minimum Gasteiger partial charge on any atom is -0.459 e. The summed E-state index contributed by atoms with van der Waals surface area (Å²) < 4.78 is 5.50. The summed E-state index contributed by atoms with van der Waals surface area (Å²) in [4.78, 5) is 16.3. The molecule has 0 saturated heterocycles. The van der Waals surface area contributed by atoms with Gasteiger partial charge in [-0.05, 0) is 37.8 Å². The molecule has 0 aromatic carbocycles. The summed E-state index contributed by atoms with van der Waals surface area (Å²) in [6.07, 6.45) is 2.35. The Morgan fingerprint density at radius 2 is 2.33 bits per heavy atom. The third-order valence-electron chi connectivity index (χ3n) is 3.41. The molecule has 1 unspecified atom stereocenters. The van der Waals surface area contributed by atoms with E-state index < -0.39 is 0 Å². The first-order valence-electron chi connectivity index (χ1n) is 6.69. The lowest BCUT2D eigenvalue weighted by molar-refractivity contribution is 0.0946. The summed E-state index contributed by atoms with van der Waals surface area (Å²) in [5, 5.41) is 5.30. The van der Waals surface area contributed by atoms with Crippen LogP contribution in [0.4, 0.5) is 0 Å². The van der Waals surface area contributed by atoms with E-state index in [1.807, 2.05) is 19.1 Å². The first-order chi connectivity index (χ1) is 9.63. The molecule has 0 radical (unpaired) electrons. The van der Waals surface area contributed by atoms with Gasteiger partial charge in [0, 0.05) is 18.0 Å². The number of aryl methyl sites for hydroxylation is 1. The fraction of sp³-hybridized carbons (Fsp3) is 0.429. The molecule has 0 aliphatic heterocycles. The Morgan fingerprint density at radius 3 is 2.95 bits per heavy atom. The van der Waals surface area contributed by atoms with Crippen LogP contribution in [0.25, 0.3) is 10.8 Å². The molecule has 0 bridgehead atoms. The van der Waals surface area contributed by atoms with Gasteiger partial charge in [-0.15, -0.1) is 23.7 Å². The van der Waals surface area contributed by atoms with Crippen molar-refractivity contribution in [2.45, 2.75) is 25.8 Å². The van der Waals surface area contributed by atoms with Crippen molar-refractivity contribution in [3.05, 3.63) is 29.0 Å². The minimum atomic E-state index is -0.174. The molecule has 1 saturated carbocycles. The Morgan fingerprint density at radius 1 is 1.57 bits per heavy atom. The zero-order valence-corrected chi connectivity index (χ0v) is 13.3. The number of hydrogen-bond donors (Lipinski definition) is 2.